The maximum absolute atomic E-state index is 13.2. The molecule has 3 heterocycles. The molecule has 1 fully saturated rings. The van der Waals surface area contributed by atoms with Crippen LogP contribution in [0.25, 0.3) is 0 Å². The number of halogens is 1. The lowest BCUT2D eigenvalue weighted by Crippen LogP contribution is -2.45. The number of hydrogen-bond acceptors (Lipinski definition) is 5. The molecule has 0 radical (unpaired) electrons. The molecule has 1 saturated heterocycles. The third-order valence-corrected chi connectivity index (χ3v) is 6.82. The number of hydrogen-bond donors (Lipinski definition) is 0. The van der Waals surface area contributed by atoms with Crippen LogP contribution < -0.4 is 4.90 Å². The fraction of sp³-hybridized carbons (Fsp3) is 0.560. The topological polar surface area (TPSA) is 69.9 Å². The predicted molar refractivity (Wildman–Crippen MR) is 129 cm³/mol. The zero-order chi connectivity index (χ0) is 24.0. The van der Waals surface area contributed by atoms with E-state index in [0.29, 0.717) is 30.5 Å². The molecule has 0 atom stereocenters. The van der Waals surface area contributed by atoms with Crippen molar-refractivity contribution in [1.82, 2.24) is 14.8 Å². The highest BCUT2D eigenvalue weighted by Crippen LogP contribution is 2.42. The molecule has 0 unspecified atom stereocenters. The van der Waals surface area contributed by atoms with Gasteiger partial charge in [-0.15, -0.1) is 0 Å². The molecule has 0 spiro atoms. The largest absolute Gasteiger partial charge is 0.444 e. The summed E-state index contributed by atoms with van der Waals surface area (Å²) in [7, 11) is 0. The van der Waals surface area contributed by atoms with Gasteiger partial charge in [0.05, 0.1) is 18.2 Å². The van der Waals surface area contributed by atoms with Gasteiger partial charge in [0, 0.05) is 42.3 Å². The number of benzene rings is 1. The molecule has 4 rings (SSSR count). The van der Waals surface area contributed by atoms with E-state index >= 15 is 0 Å². The lowest BCUT2D eigenvalue weighted by molar-refractivity contribution is -0.131. The summed E-state index contributed by atoms with van der Waals surface area (Å²) < 4.78 is 5.94. The smallest absolute Gasteiger partial charge is 0.242 e. The molecule has 2 amide bonds. The molecule has 0 N–H and O–H groups in total. The predicted octanol–water partition coefficient (Wildman–Crippen LogP) is 3.98. The number of carbonyl (C=O) groups excluding carboxylic acids is 2. The molecule has 178 valence electrons. The van der Waals surface area contributed by atoms with Crippen LogP contribution >= 0.6 is 11.6 Å². The normalized spacial score (nSPS) is 19.0. The third-order valence-electron chi connectivity index (χ3n) is 6.59. The standard InChI is InChI=1S/C25H33ClN4O3/c1-24(2,3)20-14-27-21(33-20)15-28-9-6-10-29(12-11-28)22(31)16-30-19-8-7-17(26)13-18(19)25(4,5)23(30)32/h7-8,13-14H,6,9-12,15-16H2,1-5H3. The molecular weight excluding hydrogens is 440 g/mol. The molecule has 0 aliphatic carbocycles. The monoisotopic (exact) mass is 472 g/mol. The Morgan fingerprint density at radius 3 is 2.64 bits per heavy atom. The minimum Gasteiger partial charge on any atom is -0.444 e. The molecule has 8 heteroatoms. The highest BCUT2D eigenvalue weighted by molar-refractivity contribution is 6.31. The summed E-state index contributed by atoms with van der Waals surface area (Å²) in [5.74, 6) is 1.49. The van der Waals surface area contributed by atoms with Crippen molar-refractivity contribution in [3.05, 3.63) is 46.6 Å². The van der Waals surface area contributed by atoms with Gasteiger partial charge in [-0.1, -0.05) is 32.4 Å². The van der Waals surface area contributed by atoms with Gasteiger partial charge < -0.3 is 14.2 Å². The van der Waals surface area contributed by atoms with Crippen LogP contribution in [0.15, 0.2) is 28.8 Å². The first-order valence-electron chi connectivity index (χ1n) is 11.5. The van der Waals surface area contributed by atoms with E-state index in [1.807, 2.05) is 37.1 Å². The SMILES string of the molecule is CC(C)(C)c1cnc(CN2CCCN(C(=O)CN3C(=O)C(C)(C)c4cc(Cl)ccc43)CC2)o1. The lowest BCUT2D eigenvalue weighted by Gasteiger charge is -2.25. The second-order valence-corrected chi connectivity index (χ2v) is 11.0. The summed E-state index contributed by atoms with van der Waals surface area (Å²) in [6.07, 6.45) is 2.67. The Bertz CT molecular complexity index is 1060. The first-order valence-corrected chi connectivity index (χ1v) is 11.9. The minimum absolute atomic E-state index is 0.0325. The van der Waals surface area contributed by atoms with Gasteiger partial charge in [-0.25, -0.2) is 4.98 Å². The van der Waals surface area contributed by atoms with E-state index in [1.165, 1.54) is 0 Å². The Balaban J connectivity index is 1.38. The summed E-state index contributed by atoms with van der Waals surface area (Å²) >= 11 is 6.17. The molecule has 33 heavy (non-hydrogen) atoms. The number of nitrogens with zero attached hydrogens (tertiary/aromatic N) is 4. The third kappa shape index (κ3) is 4.80. The van der Waals surface area contributed by atoms with Crippen LogP contribution in [0.4, 0.5) is 5.69 Å². The summed E-state index contributed by atoms with van der Waals surface area (Å²) in [5, 5.41) is 0.594. The van der Waals surface area contributed by atoms with Gasteiger partial charge in [-0.3, -0.25) is 14.5 Å². The summed E-state index contributed by atoms with van der Waals surface area (Å²) in [4.78, 5) is 36.5. The van der Waals surface area contributed by atoms with Crippen LogP contribution in [0, 0.1) is 0 Å². The van der Waals surface area contributed by atoms with Crippen molar-refractivity contribution in [1.29, 1.82) is 0 Å². The Labute approximate surface area is 200 Å². The molecule has 0 bridgehead atoms. The van der Waals surface area contributed by atoms with Crippen molar-refractivity contribution >= 4 is 29.1 Å². The van der Waals surface area contributed by atoms with E-state index < -0.39 is 5.41 Å². The highest BCUT2D eigenvalue weighted by atomic mass is 35.5. The van der Waals surface area contributed by atoms with E-state index in [0.717, 1.165) is 36.5 Å². The molecule has 2 aliphatic rings. The van der Waals surface area contributed by atoms with E-state index in [9.17, 15) is 9.59 Å². The number of rotatable bonds is 4. The van der Waals surface area contributed by atoms with Crippen LogP contribution in [-0.4, -0.2) is 59.3 Å². The lowest BCUT2D eigenvalue weighted by atomic mass is 9.86. The second-order valence-electron chi connectivity index (χ2n) is 10.6. The van der Waals surface area contributed by atoms with Gasteiger partial charge in [-0.2, -0.15) is 0 Å². The first kappa shape index (κ1) is 23.8. The van der Waals surface area contributed by atoms with Crippen LogP contribution in [0.2, 0.25) is 5.02 Å². The van der Waals surface area contributed by atoms with E-state index in [1.54, 1.807) is 11.0 Å². The van der Waals surface area contributed by atoms with Crippen molar-refractivity contribution in [3.8, 4) is 0 Å². The van der Waals surface area contributed by atoms with Gasteiger partial charge in [-0.05, 0) is 44.0 Å². The Hall–Kier alpha value is -2.38. The average Bonchev–Trinajstić information content (AvgIpc) is 3.17. The number of carbonyl (C=O) groups is 2. The number of anilines is 1. The zero-order valence-corrected chi connectivity index (χ0v) is 20.9. The van der Waals surface area contributed by atoms with E-state index in [2.05, 4.69) is 30.7 Å². The summed E-state index contributed by atoms with van der Waals surface area (Å²) in [5.41, 5.74) is 0.879. The number of oxazole rings is 1. The quantitative estimate of drug-likeness (QED) is 0.673. The van der Waals surface area contributed by atoms with Crippen molar-refractivity contribution in [2.75, 3.05) is 37.6 Å². The maximum Gasteiger partial charge on any atom is 0.242 e. The van der Waals surface area contributed by atoms with E-state index in [4.69, 9.17) is 16.0 Å². The van der Waals surface area contributed by atoms with E-state index in [-0.39, 0.29) is 23.8 Å². The minimum atomic E-state index is -0.696. The van der Waals surface area contributed by atoms with Crippen LogP contribution in [-0.2, 0) is 27.0 Å². The summed E-state index contributed by atoms with van der Waals surface area (Å²) in [6, 6.07) is 5.44. The van der Waals surface area contributed by atoms with Crippen LogP contribution in [0.3, 0.4) is 0 Å². The molecule has 7 nitrogen and oxygen atoms in total. The average molecular weight is 473 g/mol. The number of aromatic nitrogens is 1. The molecule has 0 saturated carbocycles. The van der Waals surface area contributed by atoms with Gasteiger partial charge >= 0.3 is 0 Å². The first-order chi connectivity index (χ1) is 15.5. The maximum atomic E-state index is 13.2. The summed E-state index contributed by atoms with van der Waals surface area (Å²) in [6.45, 7) is 13.6. The van der Waals surface area contributed by atoms with Crippen molar-refractivity contribution in [2.24, 2.45) is 0 Å². The molecule has 1 aromatic heterocycles. The van der Waals surface area contributed by atoms with Gasteiger partial charge in [0.15, 0.2) is 0 Å². The Kier molecular flexibility index (Phi) is 6.31. The number of amides is 2. The zero-order valence-electron chi connectivity index (χ0n) is 20.2. The molecule has 2 aliphatic heterocycles. The van der Waals surface area contributed by atoms with Crippen molar-refractivity contribution in [2.45, 2.75) is 58.4 Å². The molecule has 2 aromatic rings. The Morgan fingerprint density at radius 1 is 1.18 bits per heavy atom. The molecular formula is C25H33ClN4O3. The molecule has 1 aromatic carbocycles. The van der Waals surface area contributed by atoms with Crippen molar-refractivity contribution < 1.29 is 14.0 Å². The number of fused-ring (bicyclic) bond motifs is 1. The van der Waals surface area contributed by atoms with Gasteiger partial charge in [0.1, 0.15) is 12.3 Å². The Morgan fingerprint density at radius 2 is 1.94 bits per heavy atom. The van der Waals surface area contributed by atoms with Gasteiger partial charge in [0.2, 0.25) is 17.7 Å². The fourth-order valence-electron chi connectivity index (χ4n) is 4.50. The van der Waals surface area contributed by atoms with Crippen LogP contribution in [0.1, 0.15) is 58.3 Å². The van der Waals surface area contributed by atoms with Crippen molar-refractivity contribution in [3.63, 3.8) is 0 Å². The second kappa shape index (κ2) is 8.76. The fourth-order valence-corrected chi connectivity index (χ4v) is 4.67. The van der Waals surface area contributed by atoms with Gasteiger partial charge in [0.25, 0.3) is 0 Å². The van der Waals surface area contributed by atoms with Crippen LogP contribution in [0.5, 0.6) is 0 Å². The highest BCUT2D eigenvalue weighted by Gasteiger charge is 2.44.